The maximum Gasteiger partial charge on any atom is 0.272 e. The number of aliphatic hydroxyl groups excluding tert-OH is 8. The van der Waals surface area contributed by atoms with Crippen LogP contribution in [0.2, 0.25) is 0 Å². The average Bonchev–Trinajstić information content (AvgIpc) is 3.70. The zero-order chi connectivity index (χ0) is 36.9. The lowest BCUT2D eigenvalue weighted by atomic mass is 9.70. The monoisotopic (exact) mass is 715 g/mol. The summed E-state index contributed by atoms with van der Waals surface area (Å²) >= 11 is 0. The van der Waals surface area contributed by atoms with Crippen LogP contribution in [-0.4, -0.2) is 149 Å². The molecule has 0 radical (unpaired) electrons. The largest absolute Gasteiger partial charge is 0.394 e. The zero-order valence-corrected chi connectivity index (χ0v) is 28.3. The standard InChI is InChI=1S/C38H41N3O11/c1-40-26(10-13-39-40)37(50)41-14-11-38(12-15-41)24-16-20(4-8-27-31(44)35(48)33(46)29(18-42)51-27)2-6-22(24)23-7-3-21(17-25(23)38)5-9-28-32(45)36(49)34(47)30(19-43)52-28/h2-3,6-7,10,13,16-17,27-36,42-49H,11-12,14-15,18-19H2,1H3/t27-,28-,29-,30-,31-,32-,33-,34-,35-,36-/m1/s1. The summed E-state index contributed by atoms with van der Waals surface area (Å²) in [6, 6.07) is 13.3. The highest BCUT2D eigenvalue weighted by molar-refractivity contribution is 5.93. The number of piperidine rings is 1. The van der Waals surface area contributed by atoms with Crippen LogP contribution in [0.4, 0.5) is 0 Å². The molecule has 3 aromatic rings. The van der Waals surface area contributed by atoms with Gasteiger partial charge in [-0.05, 0) is 65.4 Å². The third-order valence-corrected chi connectivity index (χ3v) is 10.8. The molecule has 0 saturated carbocycles. The van der Waals surface area contributed by atoms with Crippen LogP contribution >= 0.6 is 0 Å². The summed E-state index contributed by atoms with van der Waals surface area (Å²) in [5.74, 6) is 11.7. The van der Waals surface area contributed by atoms with Gasteiger partial charge in [0.1, 0.15) is 66.7 Å². The van der Waals surface area contributed by atoms with Crippen molar-refractivity contribution in [1.82, 2.24) is 14.7 Å². The fraction of sp³-hybridized carbons (Fsp3) is 0.474. The molecule has 0 unspecified atom stereocenters. The second kappa shape index (κ2) is 14.3. The maximum atomic E-state index is 13.5. The van der Waals surface area contributed by atoms with E-state index in [-0.39, 0.29) is 5.91 Å². The average molecular weight is 716 g/mol. The predicted octanol–water partition coefficient (Wildman–Crippen LogP) is -1.99. The van der Waals surface area contributed by atoms with Crippen LogP contribution in [0.3, 0.4) is 0 Å². The number of likely N-dealkylation sites (tertiary alicyclic amines) is 1. The second-order valence-electron chi connectivity index (χ2n) is 13.8. The fourth-order valence-electron chi connectivity index (χ4n) is 7.78. The Balaban J connectivity index is 1.23. The van der Waals surface area contributed by atoms with Gasteiger partial charge in [0, 0.05) is 42.9 Å². The van der Waals surface area contributed by atoms with E-state index in [1.165, 1.54) is 0 Å². The molecule has 274 valence electrons. The number of carbonyl (C=O) groups excluding carboxylic acids is 1. The number of aliphatic hydroxyl groups is 8. The molecule has 4 aliphatic rings. The Bertz CT molecular complexity index is 1840. The number of hydrogen-bond acceptors (Lipinski definition) is 12. The summed E-state index contributed by atoms with van der Waals surface area (Å²) in [4.78, 5) is 15.3. The lowest BCUT2D eigenvalue weighted by Gasteiger charge is -2.41. The fourth-order valence-corrected chi connectivity index (χ4v) is 7.78. The molecule has 52 heavy (non-hydrogen) atoms. The summed E-state index contributed by atoms with van der Waals surface area (Å²) in [6.45, 7) is -0.218. The number of rotatable bonds is 3. The van der Waals surface area contributed by atoms with E-state index in [1.54, 1.807) is 24.0 Å². The summed E-state index contributed by atoms with van der Waals surface area (Å²) < 4.78 is 12.7. The van der Waals surface area contributed by atoms with E-state index >= 15 is 0 Å². The Kier molecular flexibility index (Phi) is 9.99. The molecule has 14 heteroatoms. The van der Waals surface area contributed by atoms with Crippen molar-refractivity contribution >= 4 is 5.91 Å². The van der Waals surface area contributed by atoms with Gasteiger partial charge in [-0.2, -0.15) is 5.10 Å². The first-order chi connectivity index (χ1) is 25.0. The highest BCUT2D eigenvalue weighted by atomic mass is 16.5. The van der Waals surface area contributed by atoms with Gasteiger partial charge in [0.05, 0.1) is 13.2 Å². The van der Waals surface area contributed by atoms with E-state index in [0.29, 0.717) is 42.8 Å². The molecule has 8 N–H and O–H groups in total. The van der Waals surface area contributed by atoms with Gasteiger partial charge in [0.15, 0.2) is 0 Å². The molecule has 10 atom stereocenters. The van der Waals surface area contributed by atoms with Crippen molar-refractivity contribution in [1.29, 1.82) is 0 Å². The van der Waals surface area contributed by atoms with Crippen molar-refractivity contribution in [2.75, 3.05) is 26.3 Å². The first kappa shape index (κ1) is 36.2. The minimum absolute atomic E-state index is 0.119. The van der Waals surface area contributed by atoms with Gasteiger partial charge < -0.3 is 55.2 Å². The number of aromatic nitrogens is 2. The first-order valence-electron chi connectivity index (χ1n) is 17.2. The number of amides is 1. The number of carbonyl (C=O) groups is 1. The summed E-state index contributed by atoms with van der Waals surface area (Å²) in [7, 11) is 1.72. The van der Waals surface area contributed by atoms with Crippen molar-refractivity contribution in [3.63, 3.8) is 0 Å². The van der Waals surface area contributed by atoms with Crippen LogP contribution in [0.1, 0.15) is 45.6 Å². The number of aryl methyl sites for hydroxylation is 1. The minimum atomic E-state index is -1.54. The van der Waals surface area contributed by atoms with Gasteiger partial charge in [-0.15, -0.1) is 0 Å². The van der Waals surface area contributed by atoms with Crippen LogP contribution in [-0.2, 0) is 21.9 Å². The molecule has 1 aliphatic carbocycles. The Morgan fingerprint density at radius 3 is 1.65 bits per heavy atom. The molecule has 1 amide bonds. The van der Waals surface area contributed by atoms with E-state index < -0.39 is 79.7 Å². The molecule has 3 saturated heterocycles. The number of benzene rings is 2. The van der Waals surface area contributed by atoms with E-state index in [1.807, 2.05) is 41.3 Å². The van der Waals surface area contributed by atoms with Crippen LogP contribution in [0.5, 0.6) is 0 Å². The highest BCUT2D eigenvalue weighted by Gasteiger charge is 2.47. The number of nitrogens with zero attached hydrogens (tertiary/aromatic N) is 3. The van der Waals surface area contributed by atoms with E-state index in [0.717, 1.165) is 22.3 Å². The van der Waals surface area contributed by atoms with Crippen LogP contribution in [0, 0.1) is 23.7 Å². The molecule has 7 rings (SSSR count). The van der Waals surface area contributed by atoms with Crippen molar-refractivity contribution in [2.24, 2.45) is 7.05 Å². The van der Waals surface area contributed by atoms with Crippen molar-refractivity contribution < 1.29 is 55.1 Å². The molecule has 3 fully saturated rings. The SMILES string of the molecule is Cn1nccc1C(=O)N1CCC2(CC1)c1cc(C#C[C@H]3O[C@H](CO)[C@@H](O)[C@H](O)[C@@H]3O)ccc1-c1ccc(C#C[C@H]3O[C@H](CO)[C@@H](O)[C@H](O)[C@@H]3O)cc12. The second-order valence-corrected chi connectivity index (χ2v) is 13.8. The summed E-state index contributed by atoms with van der Waals surface area (Å²) in [6.07, 6.45) is -10.8. The lowest BCUT2D eigenvalue weighted by Crippen LogP contribution is -2.58. The topological polar surface area (TPSA) is 218 Å². The van der Waals surface area contributed by atoms with Gasteiger partial charge in [-0.25, -0.2) is 0 Å². The van der Waals surface area contributed by atoms with Crippen LogP contribution in [0.15, 0.2) is 48.7 Å². The first-order valence-corrected chi connectivity index (χ1v) is 17.2. The van der Waals surface area contributed by atoms with E-state index in [4.69, 9.17) is 9.47 Å². The normalized spacial score (nSPS) is 31.9. The van der Waals surface area contributed by atoms with Gasteiger partial charge in [0.25, 0.3) is 5.91 Å². The Morgan fingerprint density at radius 2 is 1.23 bits per heavy atom. The molecule has 3 aliphatic heterocycles. The number of fused-ring (bicyclic) bond motifs is 5. The molecule has 1 spiro atoms. The van der Waals surface area contributed by atoms with Gasteiger partial charge in [0.2, 0.25) is 0 Å². The Morgan fingerprint density at radius 1 is 0.750 bits per heavy atom. The van der Waals surface area contributed by atoms with E-state index in [2.05, 4.69) is 28.8 Å². The zero-order valence-electron chi connectivity index (χ0n) is 28.3. The van der Waals surface area contributed by atoms with Crippen LogP contribution < -0.4 is 0 Å². The van der Waals surface area contributed by atoms with Gasteiger partial charge >= 0.3 is 0 Å². The van der Waals surface area contributed by atoms with Crippen molar-refractivity contribution in [3.05, 3.63) is 76.6 Å². The summed E-state index contributed by atoms with van der Waals surface area (Å²) in [5.41, 5.74) is 5.11. The van der Waals surface area contributed by atoms with Crippen molar-refractivity contribution in [3.8, 4) is 34.8 Å². The molecule has 4 heterocycles. The van der Waals surface area contributed by atoms with Crippen LogP contribution in [0.25, 0.3) is 11.1 Å². The molecular weight excluding hydrogens is 674 g/mol. The summed E-state index contributed by atoms with van der Waals surface area (Å²) in [5, 5.41) is 85.1. The highest BCUT2D eigenvalue weighted by Crippen LogP contribution is 2.54. The van der Waals surface area contributed by atoms with Gasteiger partial charge in [-0.1, -0.05) is 35.8 Å². The molecule has 2 aromatic carbocycles. The number of hydrogen-bond donors (Lipinski definition) is 8. The molecule has 14 nitrogen and oxygen atoms in total. The predicted molar refractivity (Wildman–Crippen MR) is 182 cm³/mol. The smallest absolute Gasteiger partial charge is 0.272 e. The third kappa shape index (κ3) is 6.21. The van der Waals surface area contributed by atoms with Crippen molar-refractivity contribution in [2.45, 2.75) is 79.3 Å². The quantitative estimate of drug-likeness (QED) is 0.138. The maximum absolute atomic E-state index is 13.5. The van der Waals surface area contributed by atoms with Gasteiger partial charge in [-0.3, -0.25) is 9.48 Å². The Hall–Kier alpha value is -4.16. The Labute approximate surface area is 299 Å². The number of ether oxygens (including phenoxy) is 2. The molecule has 1 aromatic heterocycles. The molecule has 0 bridgehead atoms. The minimum Gasteiger partial charge on any atom is -0.394 e. The van der Waals surface area contributed by atoms with E-state index in [9.17, 15) is 45.6 Å². The lowest BCUT2D eigenvalue weighted by molar-refractivity contribution is -0.214. The third-order valence-electron chi connectivity index (χ3n) is 10.8. The molecular formula is C38H41N3O11.